The number of esters is 1. The van der Waals surface area contributed by atoms with Crippen molar-refractivity contribution in [1.29, 1.82) is 0 Å². The highest BCUT2D eigenvalue weighted by Crippen LogP contribution is 2.35. The highest BCUT2D eigenvalue weighted by Gasteiger charge is 2.31. The van der Waals surface area contributed by atoms with Gasteiger partial charge in [-0.2, -0.15) is 0 Å². The zero-order chi connectivity index (χ0) is 23.1. The van der Waals surface area contributed by atoms with E-state index in [9.17, 15) is 15.0 Å². The van der Waals surface area contributed by atoms with Crippen LogP contribution in [0, 0.1) is 0 Å². The van der Waals surface area contributed by atoms with Crippen molar-refractivity contribution in [3.8, 4) is 0 Å². The van der Waals surface area contributed by atoms with Crippen molar-refractivity contribution in [2.24, 2.45) is 16.6 Å². The lowest BCUT2D eigenvalue weighted by Crippen LogP contribution is -2.27. The number of carbonyl (C=O) groups is 1. The van der Waals surface area contributed by atoms with Crippen molar-refractivity contribution in [2.45, 2.75) is 13.2 Å². The van der Waals surface area contributed by atoms with E-state index in [2.05, 4.69) is 23.1 Å². The molecule has 2 heterocycles. The number of aromatic nitrogens is 2. The number of aliphatic hydroxyl groups excluding tert-OH is 2. The predicted molar refractivity (Wildman–Crippen MR) is 114 cm³/mol. The van der Waals surface area contributed by atoms with Crippen LogP contribution in [0.15, 0.2) is 71.8 Å². The van der Waals surface area contributed by atoms with E-state index in [0.717, 1.165) is 17.5 Å². The van der Waals surface area contributed by atoms with Gasteiger partial charge in [0.1, 0.15) is 17.3 Å². The predicted octanol–water partition coefficient (Wildman–Crippen LogP) is 0.863. The summed E-state index contributed by atoms with van der Waals surface area (Å²) in [6.45, 7) is 9.17. The molecule has 1 unspecified atom stereocenters. The number of anilines is 1. The number of carbonyl (C=O) groups excluding carboxylic acids is 1. The zero-order valence-corrected chi connectivity index (χ0v) is 16.9. The van der Waals surface area contributed by atoms with Gasteiger partial charge in [-0.25, -0.2) is 20.6 Å². The summed E-state index contributed by atoms with van der Waals surface area (Å²) in [5.74, 6) is 5.22. The minimum Gasteiger partial charge on any atom is -0.515 e. The third-order valence-electron chi connectivity index (χ3n) is 4.21. The van der Waals surface area contributed by atoms with Crippen LogP contribution in [0.4, 0.5) is 5.82 Å². The van der Waals surface area contributed by atoms with Crippen LogP contribution in [0.3, 0.4) is 0 Å². The molecule has 1 aromatic heterocycles. The Hall–Kier alpha value is -4.03. The molecule has 1 aromatic rings. The second kappa shape index (κ2) is 10.1. The molecule has 0 spiro atoms. The number of nitrogens with zero attached hydrogens (tertiary/aromatic N) is 4. The summed E-state index contributed by atoms with van der Waals surface area (Å²) in [5.41, 5.74) is 13.0. The second-order valence-corrected chi connectivity index (χ2v) is 6.12. The number of imidazole rings is 1. The summed E-state index contributed by atoms with van der Waals surface area (Å²) in [7, 11) is 0. The molecule has 0 saturated carbocycles. The van der Waals surface area contributed by atoms with Gasteiger partial charge in [0.05, 0.1) is 37.6 Å². The molecule has 0 radical (unpaired) electrons. The number of amidine groups is 1. The van der Waals surface area contributed by atoms with Gasteiger partial charge >= 0.3 is 5.97 Å². The van der Waals surface area contributed by atoms with Crippen molar-refractivity contribution < 1.29 is 24.5 Å². The normalized spacial score (nSPS) is 19.6. The van der Waals surface area contributed by atoms with E-state index >= 15 is 0 Å². The monoisotopic (exact) mass is 431 g/mol. The fraction of sp³-hybridized carbons (Fsp3) is 0.211. The Balaban J connectivity index is 2.25. The number of hydrogen-bond donors (Lipinski definition) is 5. The molecule has 12 heteroatoms. The van der Waals surface area contributed by atoms with Gasteiger partial charge < -0.3 is 31.2 Å². The van der Waals surface area contributed by atoms with Gasteiger partial charge in [-0.1, -0.05) is 19.2 Å². The van der Waals surface area contributed by atoms with E-state index in [-0.39, 0.29) is 42.0 Å². The zero-order valence-electron chi connectivity index (χ0n) is 16.9. The van der Waals surface area contributed by atoms with E-state index < -0.39 is 12.2 Å². The largest absolute Gasteiger partial charge is 0.515 e. The average Bonchev–Trinajstić information content (AvgIpc) is 3.33. The number of hydrogen-bond acceptors (Lipinski definition) is 10. The maximum absolute atomic E-state index is 11.8. The summed E-state index contributed by atoms with van der Waals surface area (Å²) in [4.78, 5) is 20.0. The van der Waals surface area contributed by atoms with Crippen molar-refractivity contribution in [1.82, 2.24) is 14.6 Å². The molecular weight excluding hydrogens is 406 g/mol. The molecule has 0 bridgehead atoms. The van der Waals surface area contributed by atoms with Crippen LogP contribution >= 0.6 is 0 Å². The van der Waals surface area contributed by atoms with Gasteiger partial charge in [-0.3, -0.25) is 9.58 Å². The molecule has 31 heavy (non-hydrogen) atoms. The van der Waals surface area contributed by atoms with Gasteiger partial charge in [-0.15, -0.1) is 0 Å². The van der Waals surface area contributed by atoms with E-state index in [1.807, 2.05) is 0 Å². The fourth-order valence-electron chi connectivity index (χ4n) is 2.62. The molecule has 1 atom stereocenters. The van der Waals surface area contributed by atoms with Gasteiger partial charge in [-0.05, 0) is 6.92 Å². The van der Waals surface area contributed by atoms with Crippen molar-refractivity contribution in [3.05, 3.63) is 72.5 Å². The van der Waals surface area contributed by atoms with E-state index in [1.54, 1.807) is 6.92 Å². The highest BCUT2D eigenvalue weighted by molar-refractivity contribution is 6.00. The first-order valence-corrected chi connectivity index (χ1v) is 8.99. The summed E-state index contributed by atoms with van der Waals surface area (Å²) in [6, 6.07) is 0. The Morgan fingerprint density at radius 3 is 2.81 bits per heavy atom. The summed E-state index contributed by atoms with van der Waals surface area (Å²) in [6.07, 6.45) is 4.71. The molecular formula is C19H25N7O5. The molecule has 8 N–H and O–H groups in total. The third-order valence-corrected chi connectivity index (χ3v) is 4.21. The maximum atomic E-state index is 11.8. The van der Waals surface area contributed by atoms with E-state index in [1.165, 1.54) is 23.2 Å². The minimum absolute atomic E-state index is 0.0198. The highest BCUT2D eigenvalue weighted by atomic mass is 16.5. The Bertz CT molecular complexity index is 990. The molecule has 0 aromatic carbocycles. The van der Waals surface area contributed by atoms with E-state index in [0.29, 0.717) is 11.1 Å². The molecule has 0 amide bonds. The topological polar surface area (TPSA) is 187 Å². The molecule has 1 aliphatic rings. The number of hydrazine groups is 1. The molecule has 0 aliphatic carbocycles. The molecule has 166 valence electrons. The van der Waals surface area contributed by atoms with Crippen LogP contribution in [0.2, 0.25) is 0 Å². The Morgan fingerprint density at radius 2 is 2.23 bits per heavy atom. The average molecular weight is 431 g/mol. The molecule has 1 aliphatic heterocycles. The number of nitrogen functional groups attached to an aromatic ring is 1. The van der Waals surface area contributed by atoms with Crippen LogP contribution < -0.4 is 17.3 Å². The third kappa shape index (κ3) is 4.94. The van der Waals surface area contributed by atoms with Crippen LogP contribution in [-0.4, -0.2) is 49.8 Å². The number of rotatable bonds is 8. The Morgan fingerprint density at radius 1 is 1.52 bits per heavy atom. The molecule has 1 fully saturated rings. The minimum atomic E-state index is -0.811. The molecule has 1 saturated heterocycles. The fourth-order valence-corrected chi connectivity index (χ4v) is 2.62. The standard InChI is InChI=1S/C19H25N7O5/c1-4-12(19(29)30-5-2)6-26(22)11(3)24-16(20)15-17(21)25(10-23-15)18-14(8-28)13(7-27)9-31-18/h4,6-8,10,18,27-28H,1,3,5,9,21-22H2,2H3,(H2,20,24)/b12-6+,13-7-,14-8-. The molecule has 2 rings (SSSR count). The summed E-state index contributed by atoms with van der Waals surface area (Å²) in [5, 5.41) is 19.7. The van der Waals surface area contributed by atoms with Gasteiger partial charge in [0.25, 0.3) is 0 Å². The lowest BCUT2D eigenvalue weighted by Gasteiger charge is -2.15. The second-order valence-electron chi connectivity index (χ2n) is 6.12. The lowest BCUT2D eigenvalue weighted by molar-refractivity contribution is -0.138. The van der Waals surface area contributed by atoms with Crippen LogP contribution in [0.5, 0.6) is 0 Å². The Kier molecular flexibility index (Phi) is 7.60. The van der Waals surface area contributed by atoms with Crippen LogP contribution in [-0.2, 0) is 14.3 Å². The number of nitrogens with two attached hydrogens (primary N) is 3. The maximum Gasteiger partial charge on any atom is 0.339 e. The van der Waals surface area contributed by atoms with Gasteiger partial charge in [0.15, 0.2) is 12.1 Å². The lowest BCUT2D eigenvalue weighted by atomic mass is 10.1. The van der Waals surface area contributed by atoms with Crippen LogP contribution in [0.1, 0.15) is 18.8 Å². The first kappa shape index (κ1) is 23.3. The van der Waals surface area contributed by atoms with Gasteiger partial charge in [0.2, 0.25) is 0 Å². The SMILES string of the molecule is C=C/C(=C\N(N)C(=C)/N=C(/N)c1ncn(C2OCC(=C/O)/C2=C/O)c1N)C(=O)OCC. The number of aliphatic imine (C=N–C) groups is 1. The van der Waals surface area contributed by atoms with Gasteiger partial charge in [0, 0.05) is 17.3 Å². The van der Waals surface area contributed by atoms with Crippen LogP contribution in [0.25, 0.3) is 0 Å². The molecule has 12 nitrogen and oxygen atoms in total. The summed E-state index contributed by atoms with van der Waals surface area (Å²) >= 11 is 0. The van der Waals surface area contributed by atoms with Crippen molar-refractivity contribution in [3.63, 3.8) is 0 Å². The number of ether oxygens (including phenoxy) is 2. The quantitative estimate of drug-likeness (QED) is 0.0577. The smallest absolute Gasteiger partial charge is 0.339 e. The first-order valence-electron chi connectivity index (χ1n) is 8.99. The number of aliphatic hydroxyl groups is 2. The Labute approximate surface area is 178 Å². The van der Waals surface area contributed by atoms with Crippen molar-refractivity contribution >= 4 is 17.6 Å². The van der Waals surface area contributed by atoms with Crippen molar-refractivity contribution in [2.75, 3.05) is 18.9 Å². The first-order chi connectivity index (χ1) is 14.8. The summed E-state index contributed by atoms with van der Waals surface area (Å²) < 4.78 is 11.8. The van der Waals surface area contributed by atoms with E-state index in [4.69, 9.17) is 26.8 Å².